The summed E-state index contributed by atoms with van der Waals surface area (Å²) in [5.74, 6) is 0. The highest BCUT2D eigenvalue weighted by atomic mass is 79.9. The van der Waals surface area contributed by atoms with E-state index in [1.807, 2.05) is 0 Å². The fraction of sp³-hybridized carbons (Fsp3) is 1.00. The Balaban J connectivity index is 2.20. The number of hydrogen-bond donors (Lipinski definition) is 0. The Morgan fingerprint density at radius 2 is 1.40 bits per heavy atom. The molecule has 0 saturated heterocycles. The summed E-state index contributed by atoms with van der Waals surface area (Å²) >= 11 is 6.80. The van der Waals surface area contributed by atoms with Crippen LogP contribution in [0.25, 0.3) is 0 Å². The van der Waals surface area contributed by atoms with Gasteiger partial charge in [-0.1, -0.05) is 31.9 Å². The van der Waals surface area contributed by atoms with Gasteiger partial charge in [-0.15, -0.1) is 0 Å². The van der Waals surface area contributed by atoms with Crippen molar-refractivity contribution in [2.45, 2.75) is 16.1 Å². The summed E-state index contributed by atoms with van der Waals surface area (Å²) < 4.78 is 0. The third kappa shape index (κ3) is 0.897. The molecule has 0 spiro atoms. The summed E-state index contributed by atoms with van der Waals surface area (Å²) in [7, 11) is 0. The van der Waals surface area contributed by atoms with Crippen LogP contribution in [0, 0.1) is 0 Å². The number of halogens is 2. The largest absolute Gasteiger partial charge is 0.0878 e. The standard InChI is InChI=1S/C3H4Br2/c4-2-1-3(2)5/h2-3H,1H2. The van der Waals surface area contributed by atoms with Gasteiger partial charge in [0.1, 0.15) is 0 Å². The first-order valence-corrected chi connectivity index (χ1v) is 3.42. The van der Waals surface area contributed by atoms with Gasteiger partial charge in [0, 0.05) is 9.65 Å². The van der Waals surface area contributed by atoms with Gasteiger partial charge in [-0.25, -0.2) is 0 Å². The lowest BCUT2D eigenvalue weighted by Gasteiger charge is -1.62. The summed E-state index contributed by atoms with van der Waals surface area (Å²) in [6.07, 6.45) is 1.31. The molecule has 0 bridgehead atoms. The van der Waals surface area contributed by atoms with Gasteiger partial charge < -0.3 is 0 Å². The number of alkyl halides is 2. The number of rotatable bonds is 0. The lowest BCUT2D eigenvalue weighted by atomic mass is 11.0. The molecule has 2 atom stereocenters. The SMILES string of the molecule is BrC1CC1Br. The third-order valence-corrected chi connectivity index (χ3v) is 3.37. The Labute approximate surface area is 48.2 Å². The molecule has 0 nitrogen and oxygen atoms in total. The molecule has 0 aromatic heterocycles. The van der Waals surface area contributed by atoms with Crippen molar-refractivity contribution in [1.29, 1.82) is 0 Å². The van der Waals surface area contributed by atoms with Gasteiger partial charge in [-0.05, 0) is 6.42 Å². The summed E-state index contributed by atoms with van der Waals surface area (Å²) in [6.45, 7) is 0. The maximum absolute atomic E-state index is 3.40. The van der Waals surface area contributed by atoms with Crippen molar-refractivity contribution in [2.24, 2.45) is 0 Å². The Hall–Kier alpha value is 0.960. The molecule has 1 aliphatic rings. The number of hydrogen-bond acceptors (Lipinski definition) is 0. The van der Waals surface area contributed by atoms with Crippen LogP contribution in [0.4, 0.5) is 0 Å². The molecule has 0 aromatic rings. The molecule has 0 radical (unpaired) electrons. The average Bonchev–Trinajstić information content (AvgIpc) is 1.79. The molecule has 0 amide bonds. The van der Waals surface area contributed by atoms with E-state index >= 15 is 0 Å². The molecule has 0 aliphatic heterocycles. The topological polar surface area (TPSA) is 0 Å². The van der Waals surface area contributed by atoms with E-state index in [2.05, 4.69) is 31.9 Å². The molecule has 1 aliphatic carbocycles. The van der Waals surface area contributed by atoms with Crippen molar-refractivity contribution in [3.8, 4) is 0 Å². The van der Waals surface area contributed by atoms with Crippen LogP contribution in [0.2, 0.25) is 0 Å². The highest BCUT2D eigenvalue weighted by Gasteiger charge is 2.31. The van der Waals surface area contributed by atoms with E-state index < -0.39 is 0 Å². The maximum atomic E-state index is 3.40. The zero-order chi connectivity index (χ0) is 3.86. The van der Waals surface area contributed by atoms with Crippen molar-refractivity contribution in [3.63, 3.8) is 0 Å². The molecule has 5 heavy (non-hydrogen) atoms. The summed E-state index contributed by atoms with van der Waals surface area (Å²) in [4.78, 5) is 1.56. The summed E-state index contributed by atoms with van der Waals surface area (Å²) in [5.41, 5.74) is 0. The quantitative estimate of drug-likeness (QED) is 0.524. The fourth-order valence-corrected chi connectivity index (χ4v) is 1.44. The van der Waals surface area contributed by atoms with Crippen LogP contribution in [0.3, 0.4) is 0 Å². The van der Waals surface area contributed by atoms with Crippen molar-refractivity contribution >= 4 is 31.9 Å². The zero-order valence-corrected chi connectivity index (χ0v) is 5.79. The van der Waals surface area contributed by atoms with Crippen LogP contribution in [0.5, 0.6) is 0 Å². The van der Waals surface area contributed by atoms with Crippen LogP contribution < -0.4 is 0 Å². The van der Waals surface area contributed by atoms with Crippen LogP contribution in [0.15, 0.2) is 0 Å². The average molecular weight is 200 g/mol. The highest BCUT2D eigenvalue weighted by molar-refractivity contribution is 9.12. The first kappa shape index (κ1) is 4.13. The molecule has 0 N–H and O–H groups in total. The predicted molar refractivity (Wildman–Crippen MR) is 30.0 cm³/mol. The molecule has 2 unspecified atom stereocenters. The van der Waals surface area contributed by atoms with E-state index in [-0.39, 0.29) is 0 Å². The highest BCUT2D eigenvalue weighted by Crippen LogP contribution is 2.36. The van der Waals surface area contributed by atoms with Gasteiger partial charge >= 0.3 is 0 Å². The van der Waals surface area contributed by atoms with Crippen molar-refractivity contribution in [1.82, 2.24) is 0 Å². The molecular weight excluding hydrogens is 196 g/mol. The molecule has 30 valence electrons. The monoisotopic (exact) mass is 198 g/mol. The minimum Gasteiger partial charge on any atom is -0.0878 e. The zero-order valence-electron chi connectivity index (χ0n) is 2.62. The van der Waals surface area contributed by atoms with Gasteiger partial charge in [0.25, 0.3) is 0 Å². The Bertz CT molecular complexity index is 38.2. The van der Waals surface area contributed by atoms with E-state index in [9.17, 15) is 0 Å². The minimum absolute atomic E-state index is 0.780. The molecule has 1 fully saturated rings. The lowest BCUT2D eigenvalue weighted by Crippen LogP contribution is -1.61. The van der Waals surface area contributed by atoms with E-state index in [1.165, 1.54) is 6.42 Å². The van der Waals surface area contributed by atoms with Crippen molar-refractivity contribution < 1.29 is 0 Å². The van der Waals surface area contributed by atoms with Crippen LogP contribution in [-0.4, -0.2) is 9.65 Å². The Kier molecular flexibility index (Phi) is 1.01. The molecular formula is C3H4Br2. The smallest absolute Gasteiger partial charge is 0.0282 e. The fourth-order valence-electron chi connectivity index (χ4n) is 0.137. The van der Waals surface area contributed by atoms with E-state index in [0.29, 0.717) is 0 Å². The lowest BCUT2D eigenvalue weighted by molar-refractivity contribution is 1.53. The third-order valence-electron chi connectivity index (χ3n) is 0.640. The second kappa shape index (κ2) is 1.23. The van der Waals surface area contributed by atoms with E-state index in [0.717, 1.165) is 9.65 Å². The van der Waals surface area contributed by atoms with Crippen LogP contribution in [0.1, 0.15) is 6.42 Å². The predicted octanol–water partition coefficient (Wildman–Crippen LogP) is 1.92. The van der Waals surface area contributed by atoms with E-state index in [4.69, 9.17) is 0 Å². The van der Waals surface area contributed by atoms with Crippen molar-refractivity contribution in [2.75, 3.05) is 0 Å². The molecule has 2 heteroatoms. The van der Waals surface area contributed by atoms with Gasteiger partial charge in [-0.3, -0.25) is 0 Å². The normalized spacial score (nSPS) is 49.2. The molecule has 0 heterocycles. The molecule has 1 rings (SSSR count). The minimum atomic E-state index is 0.780. The molecule has 0 aromatic carbocycles. The maximum Gasteiger partial charge on any atom is 0.0282 e. The van der Waals surface area contributed by atoms with Gasteiger partial charge in [-0.2, -0.15) is 0 Å². The second-order valence-electron chi connectivity index (χ2n) is 1.27. The molecule has 1 saturated carbocycles. The van der Waals surface area contributed by atoms with Gasteiger partial charge in [0.05, 0.1) is 0 Å². The first-order valence-electron chi connectivity index (χ1n) is 1.59. The Morgan fingerprint density at radius 1 is 1.20 bits per heavy atom. The van der Waals surface area contributed by atoms with Gasteiger partial charge in [0.2, 0.25) is 0 Å². The second-order valence-corrected chi connectivity index (χ2v) is 3.62. The van der Waals surface area contributed by atoms with Crippen LogP contribution in [-0.2, 0) is 0 Å². The Morgan fingerprint density at radius 3 is 1.40 bits per heavy atom. The van der Waals surface area contributed by atoms with E-state index in [1.54, 1.807) is 0 Å². The summed E-state index contributed by atoms with van der Waals surface area (Å²) in [6, 6.07) is 0. The van der Waals surface area contributed by atoms with Crippen LogP contribution >= 0.6 is 31.9 Å². The summed E-state index contributed by atoms with van der Waals surface area (Å²) in [5, 5.41) is 0. The first-order chi connectivity index (χ1) is 2.30. The van der Waals surface area contributed by atoms with Crippen molar-refractivity contribution in [3.05, 3.63) is 0 Å². The van der Waals surface area contributed by atoms with Gasteiger partial charge in [0.15, 0.2) is 0 Å².